The summed E-state index contributed by atoms with van der Waals surface area (Å²) >= 11 is 0. The first kappa shape index (κ1) is 25.4. The van der Waals surface area contributed by atoms with Crippen LogP contribution in [0.4, 0.5) is 28.4 Å². The Kier molecular flexibility index (Phi) is 7.33. The van der Waals surface area contributed by atoms with Crippen LogP contribution in [0.15, 0.2) is 121 Å². The highest BCUT2D eigenvalue weighted by atomic mass is 15.2. The molecule has 0 spiro atoms. The second-order valence-electron chi connectivity index (χ2n) is 10.3. The minimum absolute atomic E-state index is 0.998. The standard InChI is InChI=1S/C36H36N2/c1-6-30-23-35(37(31-15-7-11-26(2)19-31)32-16-8-12-27(3)20-32)25-36(24-30)38(33-17-9-13-28(4)21-33)34-18-10-14-29(5)22-34/h6-9,11-17,19-25H,1,10,18H2,2-5H3. The summed E-state index contributed by atoms with van der Waals surface area (Å²) in [5, 5.41) is 0. The summed E-state index contributed by atoms with van der Waals surface area (Å²) in [4.78, 5) is 4.77. The molecule has 4 aromatic carbocycles. The first-order chi connectivity index (χ1) is 18.4. The molecule has 0 aliphatic heterocycles. The minimum Gasteiger partial charge on any atom is -0.314 e. The van der Waals surface area contributed by atoms with Crippen molar-refractivity contribution >= 4 is 34.5 Å². The molecule has 0 atom stereocenters. The zero-order valence-electron chi connectivity index (χ0n) is 22.9. The summed E-state index contributed by atoms with van der Waals surface area (Å²) in [6.07, 6.45) is 8.64. The fraction of sp³-hybridized carbons (Fsp3) is 0.167. The third kappa shape index (κ3) is 5.50. The van der Waals surface area contributed by atoms with Gasteiger partial charge in [-0.05, 0) is 123 Å². The average Bonchev–Trinajstić information content (AvgIpc) is 2.89. The van der Waals surface area contributed by atoms with Crippen LogP contribution in [0.2, 0.25) is 0 Å². The Morgan fingerprint density at radius 2 is 1.11 bits per heavy atom. The Labute approximate surface area is 227 Å². The molecule has 0 unspecified atom stereocenters. The summed E-state index contributed by atoms with van der Waals surface area (Å²) in [5.74, 6) is 0. The molecule has 38 heavy (non-hydrogen) atoms. The molecule has 5 rings (SSSR count). The van der Waals surface area contributed by atoms with Crippen molar-refractivity contribution in [2.75, 3.05) is 9.80 Å². The number of nitrogens with zero attached hydrogens (tertiary/aromatic N) is 2. The van der Waals surface area contributed by atoms with E-state index in [1.807, 2.05) is 6.08 Å². The highest BCUT2D eigenvalue weighted by Gasteiger charge is 2.20. The predicted molar refractivity (Wildman–Crippen MR) is 165 cm³/mol. The number of anilines is 5. The van der Waals surface area contributed by atoms with E-state index in [-0.39, 0.29) is 0 Å². The van der Waals surface area contributed by atoms with Crippen LogP contribution in [0.3, 0.4) is 0 Å². The monoisotopic (exact) mass is 496 g/mol. The fourth-order valence-electron chi connectivity index (χ4n) is 5.24. The van der Waals surface area contributed by atoms with Gasteiger partial charge in [0.25, 0.3) is 0 Å². The van der Waals surface area contributed by atoms with Crippen LogP contribution in [0.1, 0.15) is 42.0 Å². The van der Waals surface area contributed by atoms with E-state index < -0.39 is 0 Å². The van der Waals surface area contributed by atoms with E-state index in [0.29, 0.717) is 0 Å². The number of hydrogen-bond donors (Lipinski definition) is 0. The quantitative estimate of drug-likeness (QED) is 0.251. The van der Waals surface area contributed by atoms with Gasteiger partial charge in [0, 0.05) is 34.1 Å². The second-order valence-corrected chi connectivity index (χ2v) is 10.3. The van der Waals surface area contributed by atoms with Gasteiger partial charge in [-0.15, -0.1) is 0 Å². The molecular formula is C36H36N2. The number of allylic oxidation sites excluding steroid dienone is 4. The highest BCUT2D eigenvalue weighted by molar-refractivity contribution is 5.83. The largest absolute Gasteiger partial charge is 0.314 e. The molecule has 0 saturated heterocycles. The lowest BCUT2D eigenvalue weighted by atomic mass is 10.0. The van der Waals surface area contributed by atoms with E-state index in [1.54, 1.807) is 0 Å². The van der Waals surface area contributed by atoms with Gasteiger partial charge in [0.1, 0.15) is 0 Å². The van der Waals surface area contributed by atoms with Gasteiger partial charge in [0.05, 0.1) is 0 Å². The molecule has 0 saturated carbocycles. The highest BCUT2D eigenvalue weighted by Crippen LogP contribution is 2.41. The molecule has 1 aliphatic carbocycles. The van der Waals surface area contributed by atoms with Gasteiger partial charge in [0.2, 0.25) is 0 Å². The first-order valence-corrected chi connectivity index (χ1v) is 13.4. The van der Waals surface area contributed by atoms with Crippen molar-refractivity contribution in [3.8, 4) is 0 Å². The van der Waals surface area contributed by atoms with Crippen molar-refractivity contribution in [1.29, 1.82) is 0 Å². The molecule has 0 N–H and O–H groups in total. The molecule has 4 aromatic rings. The van der Waals surface area contributed by atoms with Gasteiger partial charge in [-0.1, -0.05) is 60.7 Å². The third-order valence-electron chi connectivity index (χ3n) is 7.00. The van der Waals surface area contributed by atoms with Crippen LogP contribution in [0, 0.1) is 20.8 Å². The Bertz CT molecular complexity index is 1490. The van der Waals surface area contributed by atoms with E-state index in [4.69, 9.17) is 0 Å². The molecule has 0 heterocycles. The normalized spacial score (nSPS) is 12.9. The van der Waals surface area contributed by atoms with E-state index in [0.717, 1.165) is 41.2 Å². The maximum absolute atomic E-state index is 4.16. The minimum atomic E-state index is 0.998. The smallest absolute Gasteiger partial charge is 0.0488 e. The average molecular weight is 497 g/mol. The van der Waals surface area contributed by atoms with Crippen molar-refractivity contribution in [3.05, 3.63) is 143 Å². The molecule has 2 heteroatoms. The number of hydrogen-bond acceptors (Lipinski definition) is 2. The maximum Gasteiger partial charge on any atom is 0.0488 e. The van der Waals surface area contributed by atoms with Crippen LogP contribution in [-0.2, 0) is 0 Å². The number of aryl methyl sites for hydroxylation is 3. The van der Waals surface area contributed by atoms with Crippen LogP contribution in [0.5, 0.6) is 0 Å². The summed E-state index contributed by atoms with van der Waals surface area (Å²) in [6.45, 7) is 12.8. The molecule has 0 amide bonds. The van der Waals surface area contributed by atoms with Gasteiger partial charge < -0.3 is 9.80 Å². The van der Waals surface area contributed by atoms with Gasteiger partial charge >= 0.3 is 0 Å². The van der Waals surface area contributed by atoms with Crippen LogP contribution in [-0.4, -0.2) is 0 Å². The van der Waals surface area contributed by atoms with Crippen LogP contribution < -0.4 is 9.80 Å². The SMILES string of the molecule is C=Cc1cc(N(C2=CC(C)=CCC2)c2cccc(C)c2)cc(N(c2cccc(C)c2)c2cccc(C)c2)c1. The zero-order valence-corrected chi connectivity index (χ0v) is 22.9. The Hall–Kier alpha value is -4.30. The lowest BCUT2D eigenvalue weighted by Crippen LogP contribution is -2.19. The molecule has 1 aliphatic rings. The predicted octanol–water partition coefficient (Wildman–Crippen LogP) is 10.5. The first-order valence-electron chi connectivity index (χ1n) is 13.4. The lowest BCUT2D eigenvalue weighted by molar-refractivity contribution is 0.904. The fourth-order valence-corrected chi connectivity index (χ4v) is 5.24. The zero-order chi connectivity index (χ0) is 26.6. The van der Waals surface area contributed by atoms with Crippen molar-refractivity contribution < 1.29 is 0 Å². The van der Waals surface area contributed by atoms with Crippen molar-refractivity contribution in [3.63, 3.8) is 0 Å². The second kappa shape index (κ2) is 11.0. The van der Waals surface area contributed by atoms with Crippen LogP contribution in [0.25, 0.3) is 6.08 Å². The Balaban J connectivity index is 1.74. The number of benzene rings is 4. The van der Waals surface area contributed by atoms with E-state index in [9.17, 15) is 0 Å². The maximum atomic E-state index is 4.16. The molecule has 0 radical (unpaired) electrons. The van der Waals surface area contributed by atoms with Crippen LogP contribution >= 0.6 is 0 Å². The van der Waals surface area contributed by atoms with Gasteiger partial charge in [-0.3, -0.25) is 0 Å². The van der Waals surface area contributed by atoms with Gasteiger partial charge in [0.15, 0.2) is 0 Å². The van der Waals surface area contributed by atoms with E-state index in [2.05, 4.69) is 147 Å². The Morgan fingerprint density at radius 1 is 0.605 bits per heavy atom. The summed E-state index contributed by atoms with van der Waals surface area (Å²) in [7, 11) is 0. The summed E-state index contributed by atoms with van der Waals surface area (Å²) < 4.78 is 0. The molecule has 0 aromatic heterocycles. The lowest BCUT2D eigenvalue weighted by Gasteiger charge is -2.32. The molecule has 2 nitrogen and oxygen atoms in total. The topological polar surface area (TPSA) is 6.48 Å². The molecule has 0 fully saturated rings. The van der Waals surface area contributed by atoms with E-state index >= 15 is 0 Å². The van der Waals surface area contributed by atoms with Gasteiger partial charge in [-0.2, -0.15) is 0 Å². The summed E-state index contributed by atoms with van der Waals surface area (Å²) in [5.41, 5.74) is 13.1. The number of rotatable bonds is 7. The summed E-state index contributed by atoms with van der Waals surface area (Å²) in [6, 6.07) is 33.0. The van der Waals surface area contributed by atoms with Crippen molar-refractivity contribution in [2.24, 2.45) is 0 Å². The Morgan fingerprint density at radius 3 is 1.58 bits per heavy atom. The van der Waals surface area contributed by atoms with Crippen molar-refractivity contribution in [1.82, 2.24) is 0 Å². The molecule has 190 valence electrons. The van der Waals surface area contributed by atoms with E-state index in [1.165, 1.54) is 33.6 Å². The van der Waals surface area contributed by atoms with Crippen molar-refractivity contribution in [2.45, 2.75) is 40.5 Å². The van der Waals surface area contributed by atoms with Gasteiger partial charge in [-0.25, -0.2) is 0 Å². The molecular weight excluding hydrogens is 460 g/mol. The third-order valence-corrected chi connectivity index (χ3v) is 7.00. The molecule has 0 bridgehead atoms.